The Labute approximate surface area is 145 Å². The summed E-state index contributed by atoms with van der Waals surface area (Å²) in [5, 5.41) is 102. The highest BCUT2D eigenvalue weighted by molar-refractivity contribution is 5.74. The molecule has 26 heavy (non-hydrogen) atoms. The largest absolute Gasteiger partial charge is 0.894 e. The minimum Gasteiger partial charge on any atom is -0.894 e. The Morgan fingerprint density at radius 2 is 1.42 bits per heavy atom. The van der Waals surface area contributed by atoms with E-state index in [9.17, 15) is 35.4 Å². The van der Waals surface area contributed by atoms with E-state index in [1.54, 1.807) is 0 Å². The molecule has 0 spiro atoms. The number of hydrogen-bond donors (Lipinski definition) is 10. The second kappa shape index (κ2) is 11.1. The van der Waals surface area contributed by atoms with Gasteiger partial charge in [-0.2, -0.15) is 5.76 Å². The summed E-state index contributed by atoms with van der Waals surface area (Å²) < 4.78 is 0. The first-order valence-corrected chi connectivity index (χ1v) is 6.84. The van der Waals surface area contributed by atoms with Crippen molar-refractivity contribution in [1.82, 2.24) is 0 Å². The first kappa shape index (κ1) is 24.3. The standard InChI is InChI=1S/C12H21O14/c13-1-3(15)5(17)7(19)9(21)11(23)25-26-12(24)10(22)8(20)6(18)4(16)2-14/h3-7,9,13-22,24H,1-2H2/q-1/p-1. The van der Waals surface area contributed by atoms with E-state index in [4.69, 9.17) is 25.5 Å². The molecule has 6 atom stereocenters. The molecule has 14 nitrogen and oxygen atoms in total. The lowest BCUT2D eigenvalue weighted by Gasteiger charge is -2.33. The van der Waals surface area contributed by atoms with Crippen LogP contribution in [-0.4, -0.2) is 107 Å². The van der Waals surface area contributed by atoms with Crippen molar-refractivity contribution >= 4 is 5.97 Å². The molecule has 0 aliphatic heterocycles. The van der Waals surface area contributed by atoms with Gasteiger partial charge in [-0.15, -0.1) is 0 Å². The minimum absolute atomic E-state index is 1.02. The van der Waals surface area contributed by atoms with Gasteiger partial charge in [-0.05, 0) is 5.76 Å². The Hall–Kier alpha value is -1.72. The fourth-order valence-corrected chi connectivity index (χ4v) is 1.36. The highest BCUT2D eigenvalue weighted by Gasteiger charge is 2.35. The van der Waals surface area contributed by atoms with Gasteiger partial charge < -0.3 is 61.1 Å². The van der Waals surface area contributed by atoms with Crippen LogP contribution in [0.5, 0.6) is 0 Å². The summed E-state index contributed by atoms with van der Waals surface area (Å²) in [7, 11) is 0. The van der Waals surface area contributed by atoms with Crippen molar-refractivity contribution in [2.24, 2.45) is 0 Å². The zero-order chi connectivity index (χ0) is 20.6. The van der Waals surface area contributed by atoms with Crippen molar-refractivity contribution in [3.05, 3.63) is 17.8 Å². The van der Waals surface area contributed by atoms with Gasteiger partial charge in [0.2, 0.25) is 0 Å². The summed E-state index contributed by atoms with van der Waals surface area (Å²) in [5.74, 6) is -5.30. The SMILES string of the molecule is O=C(OO[C-](O)C([O-])=C(O)C(O)C(O)CO)C(O)C(O)C(O)C(O)CO. The molecule has 154 valence electrons. The molecule has 14 heteroatoms. The monoisotopic (exact) mass is 388 g/mol. The first-order valence-electron chi connectivity index (χ1n) is 6.84. The molecule has 0 rings (SSSR count). The van der Waals surface area contributed by atoms with Crippen LogP contribution < -0.4 is 5.11 Å². The number of aliphatic hydroxyl groups excluding tert-OH is 10. The molecule has 0 aromatic rings. The molecule has 0 aromatic heterocycles. The van der Waals surface area contributed by atoms with Gasteiger partial charge in [0.05, 0.1) is 31.7 Å². The van der Waals surface area contributed by atoms with Crippen LogP contribution >= 0.6 is 0 Å². The molecule has 0 bridgehead atoms. The quantitative estimate of drug-likeness (QED) is 0.0683. The summed E-state index contributed by atoms with van der Waals surface area (Å²) in [6, 6.07) is 0. The normalized spacial score (nSPS) is 19.6. The van der Waals surface area contributed by atoms with Crippen molar-refractivity contribution in [2.75, 3.05) is 13.2 Å². The fourth-order valence-electron chi connectivity index (χ4n) is 1.36. The molecule has 0 saturated heterocycles. The smallest absolute Gasteiger partial charge is 0.371 e. The van der Waals surface area contributed by atoms with Crippen LogP contribution in [0.1, 0.15) is 0 Å². The van der Waals surface area contributed by atoms with Gasteiger partial charge in [0.25, 0.3) is 0 Å². The van der Waals surface area contributed by atoms with Gasteiger partial charge in [0.1, 0.15) is 18.3 Å². The van der Waals surface area contributed by atoms with E-state index in [0.29, 0.717) is 0 Å². The lowest BCUT2D eigenvalue weighted by Crippen LogP contribution is -2.49. The highest BCUT2D eigenvalue weighted by atomic mass is 17.2. The van der Waals surface area contributed by atoms with E-state index in [1.807, 2.05) is 0 Å². The van der Waals surface area contributed by atoms with Crippen LogP contribution in [0.4, 0.5) is 0 Å². The van der Waals surface area contributed by atoms with Gasteiger partial charge in [-0.3, -0.25) is 0 Å². The van der Waals surface area contributed by atoms with Crippen molar-refractivity contribution in [1.29, 1.82) is 0 Å². The van der Waals surface area contributed by atoms with E-state index in [-0.39, 0.29) is 0 Å². The van der Waals surface area contributed by atoms with Crippen molar-refractivity contribution < 1.29 is 70.7 Å². The molecular formula is C12H20O14-2. The van der Waals surface area contributed by atoms with Gasteiger partial charge in [0.15, 0.2) is 6.10 Å². The molecule has 0 aromatic carbocycles. The third kappa shape index (κ3) is 6.54. The number of hydrogen-bond acceptors (Lipinski definition) is 14. The number of aliphatic hydroxyl groups is 10. The van der Waals surface area contributed by atoms with E-state index < -0.39 is 73.6 Å². The number of carbonyl (C=O) groups is 1. The van der Waals surface area contributed by atoms with Gasteiger partial charge in [-0.25, -0.2) is 9.68 Å². The van der Waals surface area contributed by atoms with E-state index in [0.717, 1.165) is 0 Å². The summed E-state index contributed by atoms with van der Waals surface area (Å²) in [6.07, 6.45) is -15.1. The molecule has 0 aliphatic rings. The molecule has 6 unspecified atom stereocenters. The van der Waals surface area contributed by atoms with Crippen LogP contribution in [0.2, 0.25) is 0 Å². The average Bonchev–Trinajstić information content (AvgIpc) is 2.66. The number of carbonyl (C=O) groups excluding carboxylic acids is 1. The Bertz CT molecular complexity index is 467. The zero-order valence-electron chi connectivity index (χ0n) is 13.0. The van der Waals surface area contributed by atoms with E-state index >= 15 is 0 Å². The number of rotatable bonds is 11. The van der Waals surface area contributed by atoms with Crippen LogP contribution in [0, 0.1) is 6.29 Å². The second-order valence-electron chi connectivity index (χ2n) is 4.88. The first-order chi connectivity index (χ1) is 12.0. The molecule has 0 fully saturated rings. The van der Waals surface area contributed by atoms with E-state index in [2.05, 4.69) is 9.78 Å². The Kier molecular flexibility index (Phi) is 10.4. The Balaban J connectivity index is 4.79. The van der Waals surface area contributed by atoms with Gasteiger partial charge in [0, 0.05) is 0 Å². The lowest BCUT2D eigenvalue weighted by atomic mass is 10.0. The van der Waals surface area contributed by atoms with Crippen molar-refractivity contribution in [3.8, 4) is 0 Å². The molecule has 0 heterocycles. The molecular weight excluding hydrogens is 368 g/mol. The fraction of sp³-hybridized carbons (Fsp3) is 0.667. The topological polar surface area (TPSA) is 261 Å². The maximum absolute atomic E-state index is 11.4. The maximum atomic E-state index is 11.4. The minimum atomic E-state index is -2.55. The van der Waals surface area contributed by atoms with Gasteiger partial charge >= 0.3 is 5.97 Å². The molecule has 0 saturated carbocycles. The van der Waals surface area contributed by atoms with Gasteiger partial charge in [-0.1, -0.05) is 0 Å². The lowest BCUT2D eigenvalue weighted by molar-refractivity contribution is -0.365. The highest BCUT2D eigenvalue weighted by Crippen LogP contribution is 2.15. The predicted octanol–water partition coefficient (Wildman–Crippen LogP) is -6.40. The zero-order valence-corrected chi connectivity index (χ0v) is 13.0. The Morgan fingerprint density at radius 1 is 0.923 bits per heavy atom. The summed E-state index contributed by atoms with van der Waals surface area (Å²) in [4.78, 5) is 18.9. The van der Waals surface area contributed by atoms with Crippen LogP contribution in [0.25, 0.3) is 0 Å². The Morgan fingerprint density at radius 3 is 1.88 bits per heavy atom. The van der Waals surface area contributed by atoms with Crippen molar-refractivity contribution in [3.63, 3.8) is 0 Å². The molecule has 10 N–H and O–H groups in total. The van der Waals surface area contributed by atoms with E-state index in [1.165, 1.54) is 0 Å². The molecule has 0 radical (unpaired) electrons. The second-order valence-corrected chi connectivity index (χ2v) is 4.88. The van der Waals surface area contributed by atoms with Crippen LogP contribution in [0.15, 0.2) is 11.5 Å². The van der Waals surface area contributed by atoms with Crippen LogP contribution in [-0.2, 0) is 14.6 Å². The van der Waals surface area contributed by atoms with Crippen LogP contribution in [0.3, 0.4) is 0 Å². The third-order valence-corrected chi connectivity index (χ3v) is 2.96. The van der Waals surface area contributed by atoms with Crippen molar-refractivity contribution in [2.45, 2.75) is 36.6 Å². The summed E-state index contributed by atoms with van der Waals surface area (Å²) in [6.45, 7) is -2.07. The summed E-state index contributed by atoms with van der Waals surface area (Å²) >= 11 is 0. The maximum Gasteiger partial charge on any atom is 0.371 e. The predicted molar refractivity (Wildman–Crippen MR) is 72.2 cm³/mol. The molecule has 0 amide bonds. The summed E-state index contributed by atoms with van der Waals surface area (Å²) in [5.41, 5.74) is 0. The average molecular weight is 388 g/mol. The molecule has 0 aliphatic carbocycles. The third-order valence-electron chi connectivity index (χ3n) is 2.96.